The Labute approximate surface area is 114 Å². The van der Waals surface area contributed by atoms with Gasteiger partial charge in [0.25, 0.3) is 0 Å². The standard InChI is InChI=1S/C14H10ClN3O/c15-13-7-9(16)8-14(18-13)19-12-5-1-4-11-10(12)3-2-6-17-11/h1-8H,(H2,16,18). The van der Waals surface area contributed by atoms with E-state index in [2.05, 4.69) is 9.97 Å². The first-order valence-corrected chi connectivity index (χ1v) is 6.05. The van der Waals surface area contributed by atoms with E-state index in [-0.39, 0.29) is 0 Å². The number of pyridine rings is 2. The van der Waals surface area contributed by atoms with Gasteiger partial charge in [0.15, 0.2) is 0 Å². The summed E-state index contributed by atoms with van der Waals surface area (Å²) in [6.45, 7) is 0. The topological polar surface area (TPSA) is 61.0 Å². The average Bonchev–Trinajstić information content (AvgIpc) is 2.38. The highest BCUT2D eigenvalue weighted by atomic mass is 35.5. The first kappa shape index (κ1) is 11.7. The van der Waals surface area contributed by atoms with E-state index in [9.17, 15) is 0 Å². The van der Waals surface area contributed by atoms with Crippen molar-refractivity contribution in [1.82, 2.24) is 9.97 Å². The molecule has 0 bridgehead atoms. The highest BCUT2D eigenvalue weighted by Crippen LogP contribution is 2.29. The molecular weight excluding hydrogens is 262 g/mol. The predicted molar refractivity (Wildman–Crippen MR) is 75.5 cm³/mol. The Kier molecular flexibility index (Phi) is 2.93. The molecule has 3 rings (SSSR count). The lowest BCUT2D eigenvalue weighted by atomic mass is 10.2. The Hall–Kier alpha value is -2.33. The van der Waals surface area contributed by atoms with Gasteiger partial charge in [0.05, 0.1) is 5.52 Å². The Morgan fingerprint density at radius 3 is 2.84 bits per heavy atom. The van der Waals surface area contributed by atoms with Gasteiger partial charge in [-0.3, -0.25) is 4.98 Å². The van der Waals surface area contributed by atoms with Crippen LogP contribution in [0.1, 0.15) is 0 Å². The van der Waals surface area contributed by atoms with Crippen LogP contribution in [0.2, 0.25) is 5.15 Å². The molecule has 0 aliphatic carbocycles. The first-order valence-electron chi connectivity index (χ1n) is 5.67. The minimum Gasteiger partial charge on any atom is -0.438 e. The van der Waals surface area contributed by atoms with Crippen molar-refractivity contribution in [3.8, 4) is 11.6 Å². The Morgan fingerprint density at radius 1 is 1.11 bits per heavy atom. The number of rotatable bonds is 2. The second kappa shape index (κ2) is 4.74. The van der Waals surface area contributed by atoms with Crippen molar-refractivity contribution >= 4 is 28.2 Å². The molecule has 0 spiro atoms. The maximum Gasteiger partial charge on any atom is 0.222 e. The quantitative estimate of drug-likeness (QED) is 0.723. The van der Waals surface area contributed by atoms with Crippen LogP contribution < -0.4 is 10.5 Å². The third-order valence-electron chi connectivity index (χ3n) is 2.61. The van der Waals surface area contributed by atoms with E-state index in [1.165, 1.54) is 0 Å². The molecule has 2 heterocycles. The van der Waals surface area contributed by atoms with Crippen LogP contribution in [-0.4, -0.2) is 9.97 Å². The van der Waals surface area contributed by atoms with Crippen LogP contribution in [0.4, 0.5) is 5.69 Å². The van der Waals surface area contributed by atoms with E-state index in [0.29, 0.717) is 22.5 Å². The summed E-state index contributed by atoms with van der Waals surface area (Å²) in [6, 6.07) is 12.6. The molecule has 3 aromatic rings. The van der Waals surface area contributed by atoms with Crippen LogP contribution >= 0.6 is 11.6 Å². The summed E-state index contributed by atoms with van der Waals surface area (Å²) >= 11 is 5.85. The molecule has 0 atom stereocenters. The lowest BCUT2D eigenvalue weighted by molar-refractivity contribution is 0.468. The number of nitrogens with zero attached hydrogens (tertiary/aromatic N) is 2. The van der Waals surface area contributed by atoms with Crippen molar-refractivity contribution < 1.29 is 4.74 Å². The monoisotopic (exact) mass is 271 g/mol. The Morgan fingerprint density at radius 2 is 2.00 bits per heavy atom. The summed E-state index contributed by atoms with van der Waals surface area (Å²) in [4.78, 5) is 8.35. The molecule has 4 nitrogen and oxygen atoms in total. The van der Waals surface area contributed by atoms with Crippen molar-refractivity contribution in [3.05, 3.63) is 53.8 Å². The smallest absolute Gasteiger partial charge is 0.222 e. The molecule has 5 heteroatoms. The number of fused-ring (bicyclic) bond motifs is 1. The third-order valence-corrected chi connectivity index (χ3v) is 2.81. The van der Waals surface area contributed by atoms with Crippen molar-refractivity contribution in [2.75, 3.05) is 5.73 Å². The number of ether oxygens (including phenoxy) is 1. The highest BCUT2D eigenvalue weighted by Gasteiger charge is 2.06. The van der Waals surface area contributed by atoms with Crippen LogP contribution in [0.15, 0.2) is 48.7 Å². The first-order chi connectivity index (χ1) is 9.22. The number of nitrogen functional groups attached to an aromatic ring is 1. The molecule has 94 valence electrons. The summed E-state index contributed by atoms with van der Waals surface area (Å²) in [6.07, 6.45) is 1.74. The minimum atomic E-state index is 0.299. The SMILES string of the molecule is Nc1cc(Cl)nc(Oc2cccc3ncccc23)c1. The molecule has 2 aromatic heterocycles. The fraction of sp³-hybridized carbons (Fsp3) is 0. The fourth-order valence-electron chi connectivity index (χ4n) is 1.82. The summed E-state index contributed by atoms with van der Waals surface area (Å²) in [5.41, 5.74) is 7.07. The van der Waals surface area contributed by atoms with Crippen LogP contribution in [0, 0.1) is 0 Å². The van der Waals surface area contributed by atoms with E-state index in [4.69, 9.17) is 22.1 Å². The number of halogens is 1. The summed E-state index contributed by atoms with van der Waals surface area (Å²) in [5.74, 6) is 1.03. The molecule has 0 aliphatic heterocycles. The summed E-state index contributed by atoms with van der Waals surface area (Å²) < 4.78 is 5.74. The van der Waals surface area contributed by atoms with Gasteiger partial charge < -0.3 is 10.5 Å². The Balaban J connectivity index is 2.05. The molecule has 0 fully saturated rings. The van der Waals surface area contributed by atoms with Crippen molar-refractivity contribution in [3.63, 3.8) is 0 Å². The van der Waals surface area contributed by atoms with Crippen molar-refractivity contribution in [2.24, 2.45) is 0 Å². The van der Waals surface area contributed by atoms with Gasteiger partial charge in [0.2, 0.25) is 5.88 Å². The minimum absolute atomic E-state index is 0.299. The van der Waals surface area contributed by atoms with Crippen LogP contribution in [-0.2, 0) is 0 Å². The molecule has 0 saturated heterocycles. The second-order valence-corrected chi connectivity index (χ2v) is 4.38. The molecule has 0 amide bonds. The second-order valence-electron chi connectivity index (χ2n) is 3.99. The third kappa shape index (κ3) is 2.44. The lowest BCUT2D eigenvalue weighted by Gasteiger charge is -2.08. The summed E-state index contributed by atoms with van der Waals surface area (Å²) in [5, 5.41) is 1.21. The van der Waals surface area contributed by atoms with Gasteiger partial charge in [-0.1, -0.05) is 17.7 Å². The number of hydrogen-bond acceptors (Lipinski definition) is 4. The molecule has 0 unspecified atom stereocenters. The number of aromatic nitrogens is 2. The van der Waals surface area contributed by atoms with Crippen molar-refractivity contribution in [2.45, 2.75) is 0 Å². The maximum atomic E-state index is 5.85. The number of hydrogen-bond donors (Lipinski definition) is 1. The summed E-state index contributed by atoms with van der Waals surface area (Å²) in [7, 11) is 0. The van der Waals surface area contributed by atoms with Gasteiger partial charge in [-0.2, -0.15) is 0 Å². The van der Waals surface area contributed by atoms with Crippen LogP contribution in [0.5, 0.6) is 11.6 Å². The lowest BCUT2D eigenvalue weighted by Crippen LogP contribution is -1.93. The predicted octanol–water partition coefficient (Wildman–Crippen LogP) is 3.66. The van der Waals surface area contributed by atoms with Gasteiger partial charge >= 0.3 is 0 Å². The molecule has 0 radical (unpaired) electrons. The number of anilines is 1. The maximum absolute atomic E-state index is 5.85. The zero-order chi connectivity index (χ0) is 13.2. The van der Waals surface area contributed by atoms with Crippen LogP contribution in [0.3, 0.4) is 0 Å². The van der Waals surface area contributed by atoms with Gasteiger partial charge in [-0.15, -0.1) is 0 Å². The number of benzene rings is 1. The molecule has 2 N–H and O–H groups in total. The molecule has 0 saturated carbocycles. The van der Waals surface area contributed by atoms with Gasteiger partial charge in [-0.25, -0.2) is 4.98 Å². The largest absolute Gasteiger partial charge is 0.438 e. The van der Waals surface area contributed by atoms with E-state index in [1.54, 1.807) is 18.3 Å². The van der Waals surface area contributed by atoms with E-state index >= 15 is 0 Å². The molecule has 1 aromatic carbocycles. The van der Waals surface area contributed by atoms with Gasteiger partial charge in [-0.05, 0) is 30.3 Å². The molecule has 0 aliphatic rings. The molecule has 19 heavy (non-hydrogen) atoms. The zero-order valence-corrected chi connectivity index (χ0v) is 10.6. The van der Waals surface area contributed by atoms with Crippen LogP contribution in [0.25, 0.3) is 10.9 Å². The zero-order valence-electron chi connectivity index (χ0n) is 9.88. The van der Waals surface area contributed by atoms with Gasteiger partial charge in [0, 0.05) is 23.3 Å². The van der Waals surface area contributed by atoms with E-state index in [1.807, 2.05) is 30.3 Å². The van der Waals surface area contributed by atoms with Gasteiger partial charge in [0.1, 0.15) is 10.9 Å². The highest BCUT2D eigenvalue weighted by molar-refractivity contribution is 6.29. The average molecular weight is 272 g/mol. The van der Waals surface area contributed by atoms with E-state index < -0.39 is 0 Å². The Bertz CT molecular complexity index is 720. The van der Waals surface area contributed by atoms with E-state index in [0.717, 1.165) is 10.9 Å². The number of nitrogens with two attached hydrogens (primary N) is 1. The van der Waals surface area contributed by atoms with Crippen molar-refractivity contribution in [1.29, 1.82) is 0 Å². The fourth-order valence-corrected chi connectivity index (χ4v) is 2.03. The molecular formula is C14H10ClN3O. The normalized spacial score (nSPS) is 10.6.